The number of hydrogen-bond acceptors (Lipinski definition) is 6. The molecule has 29 heavy (non-hydrogen) atoms. The second-order valence-corrected chi connectivity index (χ2v) is 8.44. The molecule has 3 N–H and O–H groups in total. The lowest BCUT2D eigenvalue weighted by Gasteiger charge is -2.12. The molecule has 152 valence electrons. The van der Waals surface area contributed by atoms with E-state index in [4.69, 9.17) is 0 Å². The molecule has 2 aromatic carbocycles. The minimum absolute atomic E-state index is 0.284. The van der Waals surface area contributed by atoms with Crippen LogP contribution in [0.15, 0.2) is 53.4 Å². The summed E-state index contributed by atoms with van der Waals surface area (Å²) in [5, 5.41) is 6.38. The lowest BCUT2D eigenvalue weighted by atomic mass is 10.2. The molecule has 8 heteroatoms. The van der Waals surface area contributed by atoms with Crippen molar-refractivity contribution in [3.05, 3.63) is 65.5 Å². The number of sulfonamides is 1. The molecular weight excluding hydrogens is 386 g/mol. The van der Waals surface area contributed by atoms with Crippen LogP contribution in [0.3, 0.4) is 0 Å². The molecule has 1 aromatic heterocycles. The van der Waals surface area contributed by atoms with Crippen molar-refractivity contribution < 1.29 is 8.42 Å². The smallest absolute Gasteiger partial charge is 0.262 e. The lowest BCUT2D eigenvalue weighted by Crippen LogP contribution is -2.14. The van der Waals surface area contributed by atoms with Gasteiger partial charge in [-0.05, 0) is 69.2 Å². The van der Waals surface area contributed by atoms with Crippen LogP contribution < -0.4 is 15.4 Å². The van der Waals surface area contributed by atoms with Crippen molar-refractivity contribution in [2.45, 2.75) is 32.6 Å². The fraction of sp³-hybridized carbons (Fsp3) is 0.238. The van der Waals surface area contributed by atoms with Gasteiger partial charge < -0.3 is 10.6 Å². The number of nitrogens with one attached hydrogen (secondary N) is 3. The number of hydrogen-bond donors (Lipinski definition) is 3. The number of aryl methyl sites for hydroxylation is 3. The van der Waals surface area contributed by atoms with Crippen LogP contribution in [-0.4, -0.2) is 24.9 Å². The number of nitrogens with zero attached hydrogens (tertiary/aromatic N) is 2. The Bertz CT molecular complexity index is 1110. The minimum atomic E-state index is -3.66. The third-order valence-corrected chi connectivity index (χ3v) is 5.76. The van der Waals surface area contributed by atoms with Gasteiger partial charge in [0, 0.05) is 24.0 Å². The molecule has 0 saturated carbocycles. The molecular formula is C21H25N5O2S. The zero-order valence-corrected chi connectivity index (χ0v) is 17.8. The summed E-state index contributed by atoms with van der Waals surface area (Å²) in [6.07, 6.45) is 0. The quantitative estimate of drug-likeness (QED) is 0.534. The summed E-state index contributed by atoms with van der Waals surface area (Å²) in [5.74, 6) is 2.07. The van der Waals surface area contributed by atoms with Crippen LogP contribution in [0.5, 0.6) is 0 Å². The lowest BCUT2D eigenvalue weighted by molar-refractivity contribution is 0.600. The number of rotatable bonds is 7. The number of aromatic nitrogens is 2. The van der Waals surface area contributed by atoms with Crippen molar-refractivity contribution in [3.8, 4) is 0 Å². The second-order valence-electron chi connectivity index (χ2n) is 6.79. The Morgan fingerprint density at radius 2 is 1.52 bits per heavy atom. The molecule has 0 aliphatic heterocycles. The second kappa shape index (κ2) is 8.48. The molecule has 0 atom stereocenters. The summed E-state index contributed by atoms with van der Waals surface area (Å²) in [6, 6.07) is 14.2. The Kier molecular flexibility index (Phi) is 6.03. The molecule has 0 aliphatic carbocycles. The Balaban J connectivity index is 1.76. The third kappa shape index (κ3) is 5.23. The fourth-order valence-electron chi connectivity index (χ4n) is 2.88. The van der Waals surface area contributed by atoms with Crippen molar-refractivity contribution in [3.63, 3.8) is 0 Å². The van der Waals surface area contributed by atoms with Crippen LogP contribution in [0.25, 0.3) is 0 Å². The average Bonchev–Trinajstić information content (AvgIpc) is 2.65. The maximum Gasteiger partial charge on any atom is 0.262 e. The highest BCUT2D eigenvalue weighted by molar-refractivity contribution is 7.92. The molecule has 0 fully saturated rings. The van der Waals surface area contributed by atoms with E-state index >= 15 is 0 Å². The van der Waals surface area contributed by atoms with Crippen LogP contribution in [-0.2, 0) is 10.0 Å². The van der Waals surface area contributed by atoms with E-state index in [-0.39, 0.29) is 4.90 Å². The van der Waals surface area contributed by atoms with Gasteiger partial charge in [-0.1, -0.05) is 12.1 Å². The maximum absolute atomic E-state index is 12.7. The summed E-state index contributed by atoms with van der Waals surface area (Å²) < 4.78 is 28.1. The molecule has 0 spiro atoms. The third-order valence-electron chi connectivity index (χ3n) is 4.24. The summed E-state index contributed by atoms with van der Waals surface area (Å²) in [7, 11) is -3.66. The van der Waals surface area contributed by atoms with Gasteiger partial charge in [0.15, 0.2) is 0 Å². The summed E-state index contributed by atoms with van der Waals surface area (Å²) in [4.78, 5) is 8.98. The van der Waals surface area contributed by atoms with E-state index in [9.17, 15) is 8.42 Å². The molecule has 0 aliphatic rings. The van der Waals surface area contributed by atoms with Crippen molar-refractivity contribution >= 4 is 33.0 Å². The zero-order chi connectivity index (χ0) is 21.0. The number of benzene rings is 2. The van der Waals surface area contributed by atoms with Gasteiger partial charge in [0.25, 0.3) is 10.0 Å². The Morgan fingerprint density at radius 1 is 0.862 bits per heavy atom. The highest BCUT2D eigenvalue weighted by atomic mass is 32.2. The van der Waals surface area contributed by atoms with E-state index in [0.29, 0.717) is 22.9 Å². The predicted molar refractivity (Wildman–Crippen MR) is 117 cm³/mol. The first-order valence-corrected chi connectivity index (χ1v) is 10.8. The SMILES string of the molecule is CCNc1cc(Nc2ccc(NS(=O)(=O)c3cc(C)ccc3C)cc2)nc(C)n1. The number of anilines is 4. The fourth-order valence-corrected chi connectivity index (χ4v) is 4.27. The molecule has 7 nitrogen and oxygen atoms in total. The molecule has 3 rings (SSSR count). The van der Waals surface area contributed by atoms with E-state index in [0.717, 1.165) is 23.6 Å². The van der Waals surface area contributed by atoms with Crippen molar-refractivity contribution in [2.75, 3.05) is 21.9 Å². The molecule has 0 unspecified atom stereocenters. The first kappa shape index (κ1) is 20.6. The van der Waals surface area contributed by atoms with Crippen LogP contribution in [0.4, 0.5) is 23.0 Å². The van der Waals surface area contributed by atoms with Crippen LogP contribution in [0.1, 0.15) is 23.9 Å². The molecule has 0 amide bonds. The Hall–Kier alpha value is -3.13. The van der Waals surface area contributed by atoms with Gasteiger partial charge >= 0.3 is 0 Å². The first-order chi connectivity index (χ1) is 13.8. The molecule has 0 bridgehead atoms. The predicted octanol–water partition coefficient (Wildman–Crippen LogP) is 4.38. The minimum Gasteiger partial charge on any atom is -0.370 e. The normalized spacial score (nSPS) is 11.2. The molecule has 1 heterocycles. The molecule has 0 radical (unpaired) electrons. The van der Waals surface area contributed by atoms with Crippen LogP contribution in [0, 0.1) is 20.8 Å². The maximum atomic E-state index is 12.7. The van der Waals surface area contributed by atoms with E-state index < -0.39 is 10.0 Å². The Morgan fingerprint density at radius 3 is 2.21 bits per heavy atom. The summed E-state index contributed by atoms with van der Waals surface area (Å²) in [5.41, 5.74) is 2.88. The Labute approximate surface area is 171 Å². The van der Waals surface area contributed by atoms with Gasteiger partial charge in [0.05, 0.1) is 4.90 Å². The van der Waals surface area contributed by atoms with E-state index in [1.165, 1.54) is 0 Å². The van der Waals surface area contributed by atoms with Crippen molar-refractivity contribution in [1.82, 2.24) is 9.97 Å². The van der Waals surface area contributed by atoms with Gasteiger partial charge in [-0.2, -0.15) is 0 Å². The average molecular weight is 412 g/mol. The zero-order valence-electron chi connectivity index (χ0n) is 16.9. The monoisotopic (exact) mass is 411 g/mol. The van der Waals surface area contributed by atoms with E-state index in [1.807, 2.05) is 39.0 Å². The van der Waals surface area contributed by atoms with Crippen LogP contribution >= 0.6 is 0 Å². The highest BCUT2D eigenvalue weighted by Gasteiger charge is 2.17. The first-order valence-electron chi connectivity index (χ1n) is 9.33. The van der Waals surface area contributed by atoms with E-state index in [1.54, 1.807) is 37.3 Å². The summed E-state index contributed by atoms with van der Waals surface area (Å²) in [6.45, 7) is 8.26. The van der Waals surface area contributed by atoms with Crippen molar-refractivity contribution in [1.29, 1.82) is 0 Å². The van der Waals surface area contributed by atoms with Gasteiger partial charge in [0.2, 0.25) is 0 Å². The van der Waals surface area contributed by atoms with Crippen LogP contribution in [0.2, 0.25) is 0 Å². The topological polar surface area (TPSA) is 96.0 Å². The van der Waals surface area contributed by atoms with Gasteiger partial charge in [-0.25, -0.2) is 18.4 Å². The largest absolute Gasteiger partial charge is 0.370 e. The highest BCUT2D eigenvalue weighted by Crippen LogP contribution is 2.23. The van der Waals surface area contributed by atoms with Gasteiger partial charge in [-0.3, -0.25) is 4.72 Å². The standard InChI is InChI=1S/C21H25N5O2S/c1-5-22-20-13-21(24-16(4)23-20)25-17-8-10-18(11-9-17)26-29(27,28)19-12-14(2)6-7-15(19)3/h6-13,26H,5H2,1-4H3,(H2,22,23,24,25). The van der Waals surface area contributed by atoms with Gasteiger partial charge in [0.1, 0.15) is 17.5 Å². The van der Waals surface area contributed by atoms with Crippen molar-refractivity contribution in [2.24, 2.45) is 0 Å². The summed E-state index contributed by atoms with van der Waals surface area (Å²) >= 11 is 0. The van der Waals surface area contributed by atoms with E-state index in [2.05, 4.69) is 25.3 Å². The molecule has 0 saturated heterocycles. The van der Waals surface area contributed by atoms with Gasteiger partial charge in [-0.15, -0.1) is 0 Å². The molecule has 3 aromatic rings.